The number of hydrogen-bond donors (Lipinski definition) is 2. The summed E-state index contributed by atoms with van der Waals surface area (Å²) in [7, 11) is 0. The van der Waals surface area contributed by atoms with Crippen LogP contribution in [-0.2, 0) is 4.79 Å². The number of amides is 1. The lowest BCUT2D eigenvalue weighted by Gasteiger charge is -2.16. The molecular formula is C18H12F2N2O3. The largest absolute Gasteiger partial charge is 0.479 e. The fourth-order valence-electron chi connectivity index (χ4n) is 2.44. The van der Waals surface area contributed by atoms with E-state index in [1.807, 2.05) is 0 Å². The monoisotopic (exact) mass is 342 g/mol. The lowest BCUT2D eigenvalue weighted by atomic mass is 10.0. The quantitative estimate of drug-likeness (QED) is 0.764. The SMILES string of the molecule is O=C(N[C@H](C(=O)O)c1ccc(F)cc1F)c1ccc2ncccc2c1. The minimum atomic E-state index is -1.64. The summed E-state index contributed by atoms with van der Waals surface area (Å²) < 4.78 is 26.9. The van der Waals surface area contributed by atoms with Crippen molar-refractivity contribution in [3.63, 3.8) is 0 Å². The van der Waals surface area contributed by atoms with Gasteiger partial charge in [-0.3, -0.25) is 9.78 Å². The molecule has 0 aliphatic rings. The minimum Gasteiger partial charge on any atom is -0.479 e. The molecule has 1 aromatic heterocycles. The molecule has 0 spiro atoms. The number of carbonyl (C=O) groups is 2. The second-order valence-corrected chi connectivity index (χ2v) is 5.32. The van der Waals surface area contributed by atoms with Crippen LogP contribution in [0.2, 0.25) is 0 Å². The molecule has 0 unspecified atom stereocenters. The van der Waals surface area contributed by atoms with Crippen LogP contribution in [0.5, 0.6) is 0 Å². The smallest absolute Gasteiger partial charge is 0.331 e. The highest BCUT2D eigenvalue weighted by Gasteiger charge is 2.26. The summed E-state index contributed by atoms with van der Waals surface area (Å²) in [5.74, 6) is -4.03. The standard InChI is InChI=1S/C18H12F2N2O3/c19-12-4-5-13(14(20)9-12)16(18(24)25)22-17(23)11-3-6-15-10(8-11)2-1-7-21-15/h1-9,16H,(H,22,23)(H,24,25)/t16-/m0/s1. The van der Waals surface area contributed by atoms with Gasteiger partial charge in [0.15, 0.2) is 6.04 Å². The van der Waals surface area contributed by atoms with Gasteiger partial charge in [0.25, 0.3) is 5.91 Å². The van der Waals surface area contributed by atoms with E-state index in [1.165, 1.54) is 6.07 Å². The van der Waals surface area contributed by atoms with E-state index in [1.54, 1.807) is 30.5 Å². The Morgan fingerprint density at radius 1 is 1.08 bits per heavy atom. The van der Waals surface area contributed by atoms with Crippen LogP contribution >= 0.6 is 0 Å². The van der Waals surface area contributed by atoms with Gasteiger partial charge in [0.05, 0.1) is 5.52 Å². The number of carboxylic acids is 1. The number of aromatic nitrogens is 1. The summed E-state index contributed by atoms with van der Waals surface area (Å²) in [5.41, 5.74) is 0.553. The average Bonchev–Trinajstić information content (AvgIpc) is 2.59. The maximum Gasteiger partial charge on any atom is 0.331 e. The number of halogens is 2. The van der Waals surface area contributed by atoms with Crippen molar-refractivity contribution in [2.45, 2.75) is 6.04 Å². The summed E-state index contributed by atoms with van der Waals surface area (Å²) in [6, 6.07) is 8.99. The molecule has 5 nitrogen and oxygen atoms in total. The van der Waals surface area contributed by atoms with Crippen LogP contribution in [0.15, 0.2) is 54.7 Å². The third-order valence-corrected chi connectivity index (χ3v) is 3.66. The van der Waals surface area contributed by atoms with Gasteiger partial charge in [-0.15, -0.1) is 0 Å². The summed E-state index contributed by atoms with van der Waals surface area (Å²) >= 11 is 0. The highest BCUT2D eigenvalue weighted by molar-refractivity contribution is 5.99. The summed E-state index contributed by atoms with van der Waals surface area (Å²) in [5, 5.41) is 12.3. The van der Waals surface area contributed by atoms with Crippen molar-refractivity contribution in [3.8, 4) is 0 Å². The molecule has 0 aliphatic heterocycles. The van der Waals surface area contributed by atoms with Crippen LogP contribution in [0.4, 0.5) is 8.78 Å². The first-order valence-corrected chi connectivity index (χ1v) is 7.29. The van der Waals surface area contributed by atoms with E-state index in [-0.39, 0.29) is 11.1 Å². The first-order valence-electron chi connectivity index (χ1n) is 7.29. The Labute approximate surface area is 140 Å². The van der Waals surface area contributed by atoms with E-state index in [9.17, 15) is 23.5 Å². The average molecular weight is 342 g/mol. The minimum absolute atomic E-state index is 0.203. The zero-order chi connectivity index (χ0) is 18.0. The van der Waals surface area contributed by atoms with E-state index >= 15 is 0 Å². The maximum absolute atomic E-state index is 13.9. The molecule has 2 N–H and O–H groups in total. The number of fused-ring (bicyclic) bond motifs is 1. The van der Waals surface area contributed by atoms with Crippen LogP contribution in [0, 0.1) is 11.6 Å². The first-order chi connectivity index (χ1) is 12.0. The molecule has 1 amide bonds. The van der Waals surface area contributed by atoms with Gasteiger partial charge in [-0.05, 0) is 30.3 Å². The number of nitrogens with zero attached hydrogens (tertiary/aromatic N) is 1. The Morgan fingerprint density at radius 2 is 1.88 bits per heavy atom. The summed E-state index contributed by atoms with van der Waals surface area (Å²) in [6.07, 6.45) is 1.61. The van der Waals surface area contributed by atoms with Crippen molar-refractivity contribution < 1.29 is 23.5 Å². The number of rotatable bonds is 4. The van der Waals surface area contributed by atoms with E-state index < -0.39 is 29.6 Å². The molecule has 0 aliphatic carbocycles. The van der Waals surface area contributed by atoms with E-state index in [2.05, 4.69) is 10.3 Å². The molecule has 0 radical (unpaired) electrons. The van der Waals surface area contributed by atoms with Crippen molar-refractivity contribution in [2.24, 2.45) is 0 Å². The van der Waals surface area contributed by atoms with Gasteiger partial charge in [0.1, 0.15) is 11.6 Å². The van der Waals surface area contributed by atoms with Gasteiger partial charge in [-0.25, -0.2) is 13.6 Å². The first kappa shape index (κ1) is 16.5. The third-order valence-electron chi connectivity index (χ3n) is 3.66. The second kappa shape index (κ2) is 6.64. The zero-order valence-electron chi connectivity index (χ0n) is 12.7. The lowest BCUT2D eigenvalue weighted by molar-refractivity contribution is -0.139. The van der Waals surface area contributed by atoms with Gasteiger partial charge >= 0.3 is 5.97 Å². The number of pyridine rings is 1. The number of aliphatic carboxylic acids is 1. The Kier molecular flexibility index (Phi) is 4.38. The van der Waals surface area contributed by atoms with Crippen molar-refractivity contribution in [1.82, 2.24) is 10.3 Å². The Morgan fingerprint density at radius 3 is 2.60 bits per heavy atom. The van der Waals surface area contributed by atoms with Crippen molar-refractivity contribution in [3.05, 3.63) is 77.5 Å². The zero-order valence-corrected chi connectivity index (χ0v) is 12.7. The van der Waals surface area contributed by atoms with Gasteiger partial charge in [-0.1, -0.05) is 12.1 Å². The summed E-state index contributed by atoms with van der Waals surface area (Å²) in [4.78, 5) is 27.9. The molecule has 1 atom stereocenters. The molecule has 0 fully saturated rings. The second-order valence-electron chi connectivity index (χ2n) is 5.32. The topological polar surface area (TPSA) is 79.3 Å². The molecule has 1 heterocycles. The number of benzene rings is 2. The number of carboxylic acid groups (broad SMARTS) is 1. The Bertz CT molecular complexity index is 975. The van der Waals surface area contributed by atoms with Gasteiger partial charge in [0, 0.05) is 28.8 Å². The van der Waals surface area contributed by atoms with Crippen LogP contribution in [-0.4, -0.2) is 22.0 Å². The van der Waals surface area contributed by atoms with Gasteiger partial charge in [-0.2, -0.15) is 0 Å². The van der Waals surface area contributed by atoms with Crippen LogP contribution in [0.25, 0.3) is 10.9 Å². The van der Waals surface area contributed by atoms with Crippen LogP contribution < -0.4 is 5.32 Å². The molecule has 126 valence electrons. The Balaban J connectivity index is 1.91. The van der Waals surface area contributed by atoms with E-state index in [0.717, 1.165) is 12.1 Å². The highest BCUT2D eigenvalue weighted by Crippen LogP contribution is 2.20. The van der Waals surface area contributed by atoms with Crippen molar-refractivity contribution in [2.75, 3.05) is 0 Å². The fraction of sp³-hybridized carbons (Fsp3) is 0.0556. The van der Waals surface area contributed by atoms with E-state index in [4.69, 9.17) is 0 Å². The molecule has 2 aromatic carbocycles. The maximum atomic E-state index is 13.9. The number of carbonyl (C=O) groups excluding carboxylic acids is 1. The molecule has 3 aromatic rings. The molecular weight excluding hydrogens is 330 g/mol. The fourth-order valence-corrected chi connectivity index (χ4v) is 2.44. The molecule has 0 saturated heterocycles. The Hall–Kier alpha value is -3.35. The normalized spacial score (nSPS) is 11.9. The van der Waals surface area contributed by atoms with Gasteiger partial charge in [0.2, 0.25) is 0 Å². The predicted molar refractivity (Wildman–Crippen MR) is 85.9 cm³/mol. The molecule has 7 heteroatoms. The predicted octanol–water partition coefficient (Wildman–Crippen LogP) is 3.07. The number of hydrogen-bond acceptors (Lipinski definition) is 3. The lowest BCUT2D eigenvalue weighted by Crippen LogP contribution is -2.34. The molecule has 0 bridgehead atoms. The van der Waals surface area contributed by atoms with Gasteiger partial charge < -0.3 is 10.4 Å². The van der Waals surface area contributed by atoms with Crippen LogP contribution in [0.1, 0.15) is 22.0 Å². The van der Waals surface area contributed by atoms with Crippen molar-refractivity contribution in [1.29, 1.82) is 0 Å². The van der Waals surface area contributed by atoms with Crippen molar-refractivity contribution >= 4 is 22.8 Å². The highest BCUT2D eigenvalue weighted by atomic mass is 19.1. The number of nitrogens with one attached hydrogen (secondary N) is 1. The molecule has 0 saturated carbocycles. The van der Waals surface area contributed by atoms with E-state index in [0.29, 0.717) is 17.0 Å². The molecule has 3 rings (SSSR count). The third kappa shape index (κ3) is 3.45. The summed E-state index contributed by atoms with van der Waals surface area (Å²) in [6.45, 7) is 0. The molecule has 25 heavy (non-hydrogen) atoms. The van der Waals surface area contributed by atoms with Crippen LogP contribution in [0.3, 0.4) is 0 Å².